The third-order valence-electron chi connectivity index (χ3n) is 4.91. The average Bonchev–Trinajstić information content (AvgIpc) is 3.45. The van der Waals surface area contributed by atoms with Crippen molar-refractivity contribution in [2.24, 2.45) is 0 Å². The molecular formula is C19H23N5O4. The summed E-state index contributed by atoms with van der Waals surface area (Å²) in [4.78, 5) is 31.4. The number of nitrogens with zero attached hydrogens (tertiary/aromatic N) is 3. The Balaban J connectivity index is 1.50. The summed E-state index contributed by atoms with van der Waals surface area (Å²) in [6.45, 7) is 0.595. The van der Waals surface area contributed by atoms with Crippen LogP contribution in [0.4, 0.5) is 0 Å². The maximum absolute atomic E-state index is 12.9. The zero-order valence-corrected chi connectivity index (χ0v) is 15.6. The fraction of sp³-hybridized carbons (Fsp3) is 0.474. The number of carbonyl (C=O) groups excluding carboxylic acids is 2. The molecule has 0 bridgehead atoms. The molecule has 28 heavy (non-hydrogen) atoms. The number of nitrogens with one attached hydrogen (secondary N) is 2. The molecule has 2 aliphatic rings. The van der Waals surface area contributed by atoms with E-state index in [9.17, 15) is 9.59 Å². The van der Waals surface area contributed by atoms with Gasteiger partial charge in [0.05, 0.1) is 30.6 Å². The lowest BCUT2D eigenvalue weighted by atomic mass is 9.98. The van der Waals surface area contributed by atoms with Gasteiger partial charge in [-0.25, -0.2) is 0 Å². The summed E-state index contributed by atoms with van der Waals surface area (Å²) in [6.07, 6.45) is 4.47. The number of methoxy groups -OCH3 is 1. The van der Waals surface area contributed by atoms with Gasteiger partial charge in [0.15, 0.2) is 6.10 Å². The molecule has 2 amide bonds. The number of amides is 2. The summed E-state index contributed by atoms with van der Waals surface area (Å²) < 4.78 is 10.7. The van der Waals surface area contributed by atoms with Gasteiger partial charge in [0, 0.05) is 25.5 Å². The Kier molecular flexibility index (Phi) is 5.36. The standard InChI is InChI=1S/C19H23N5O4/c1-27-10-14-7-13(22-23-14)9-21-19(26)18-17(12-3-2-6-20-8-12)24(15-4-5-15)16(25)11-28-18/h2-3,6-8,15,17-18H,4-5,9-11H2,1H3,(H,21,26)(H,22,23)/t17-,18+/m1/s1. The molecule has 4 rings (SSSR count). The minimum absolute atomic E-state index is 0.0850. The number of rotatable bonds is 7. The molecule has 0 spiro atoms. The van der Waals surface area contributed by atoms with Crippen LogP contribution in [0.15, 0.2) is 30.6 Å². The number of morpholine rings is 1. The van der Waals surface area contributed by atoms with Gasteiger partial charge in [-0.3, -0.25) is 19.7 Å². The number of aromatic nitrogens is 3. The Hall–Kier alpha value is -2.78. The molecule has 2 N–H and O–H groups in total. The molecule has 2 fully saturated rings. The highest BCUT2D eigenvalue weighted by Crippen LogP contribution is 2.39. The number of hydrogen-bond acceptors (Lipinski definition) is 6. The van der Waals surface area contributed by atoms with Crippen molar-refractivity contribution in [3.05, 3.63) is 47.5 Å². The monoisotopic (exact) mass is 385 g/mol. The summed E-state index contributed by atoms with van der Waals surface area (Å²) in [5.74, 6) is -0.354. The molecule has 148 valence electrons. The number of aromatic amines is 1. The predicted molar refractivity (Wildman–Crippen MR) is 97.7 cm³/mol. The lowest BCUT2D eigenvalue weighted by molar-refractivity contribution is -0.165. The van der Waals surface area contributed by atoms with Crippen LogP contribution in [0, 0.1) is 0 Å². The van der Waals surface area contributed by atoms with Crippen molar-refractivity contribution < 1.29 is 19.1 Å². The second-order valence-electron chi connectivity index (χ2n) is 7.03. The molecule has 1 aliphatic heterocycles. The van der Waals surface area contributed by atoms with Gasteiger partial charge in [-0.15, -0.1) is 0 Å². The van der Waals surface area contributed by atoms with E-state index < -0.39 is 12.1 Å². The van der Waals surface area contributed by atoms with Gasteiger partial charge < -0.3 is 19.7 Å². The van der Waals surface area contributed by atoms with Crippen molar-refractivity contribution in [3.8, 4) is 0 Å². The Morgan fingerprint density at radius 2 is 2.32 bits per heavy atom. The van der Waals surface area contributed by atoms with Crippen molar-refractivity contribution in [3.63, 3.8) is 0 Å². The topological polar surface area (TPSA) is 109 Å². The number of ether oxygens (including phenoxy) is 2. The Morgan fingerprint density at radius 1 is 1.46 bits per heavy atom. The van der Waals surface area contributed by atoms with E-state index in [1.54, 1.807) is 30.5 Å². The van der Waals surface area contributed by atoms with Crippen molar-refractivity contribution in [2.75, 3.05) is 13.7 Å². The largest absolute Gasteiger partial charge is 0.378 e. The quantitative estimate of drug-likeness (QED) is 0.726. The van der Waals surface area contributed by atoms with E-state index in [1.165, 1.54) is 0 Å². The van der Waals surface area contributed by atoms with Crippen LogP contribution in [0.3, 0.4) is 0 Å². The lowest BCUT2D eigenvalue weighted by Crippen LogP contribution is -2.55. The maximum atomic E-state index is 12.9. The number of H-pyrrole nitrogens is 1. The smallest absolute Gasteiger partial charge is 0.252 e. The van der Waals surface area contributed by atoms with Gasteiger partial charge in [-0.1, -0.05) is 6.07 Å². The van der Waals surface area contributed by atoms with Crippen LogP contribution in [0.1, 0.15) is 35.8 Å². The van der Waals surface area contributed by atoms with Gasteiger partial charge >= 0.3 is 0 Å². The van der Waals surface area contributed by atoms with Crippen LogP contribution in [-0.2, 0) is 32.2 Å². The zero-order chi connectivity index (χ0) is 19.5. The molecular weight excluding hydrogens is 362 g/mol. The highest BCUT2D eigenvalue weighted by Gasteiger charge is 2.47. The van der Waals surface area contributed by atoms with E-state index >= 15 is 0 Å². The molecule has 0 radical (unpaired) electrons. The third-order valence-corrected chi connectivity index (χ3v) is 4.91. The van der Waals surface area contributed by atoms with Crippen molar-refractivity contribution in [1.82, 2.24) is 25.4 Å². The molecule has 3 heterocycles. The molecule has 9 heteroatoms. The maximum Gasteiger partial charge on any atom is 0.252 e. The molecule has 1 aliphatic carbocycles. The summed E-state index contributed by atoms with van der Waals surface area (Å²) in [5, 5.41) is 9.88. The van der Waals surface area contributed by atoms with Gasteiger partial charge in [-0.05, 0) is 30.5 Å². The lowest BCUT2D eigenvalue weighted by Gasteiger charge is -2.40. The third kappa shape index (κ3) is 3.90. The van der Waals surface area contributed by atoms with E-state index in [4.69, 9.17) is 9.47 Å². The van der Waals surface area contributed by atoms with Crippen LogP contribution >= 0.6 is 0 Å². The second kappa shape index (κ2) is 8.07. The van der Waals surface area contributed by atoms with Gasteiger partial charge in [0.1, 0.15) is 6.61 Å². The molecule has 1 saturated carbocycles. The second-order valence-corrected chi connectivity index (χ2v) is 7.03. The number of hydrogen-bond donors (Lipinski definition) is 2. The van der Waals surface area contributed by atoms with Gasteiger partial charge in [0.2, 0.25) is 5.91 Å². The first-order valence-corrected chi connectivity index (χ1v) is 9.30. The van der Waals surface area contributed by atoms with E-state index in [2.05, 4.69) is 20.5 Å². The first-order chi connectivity index (χ1) is 13.7. The van der Waals surface area contributed by atoms with Gasteiger partial charge in [0.25, 0.3) is 5.91 Å². The molecule has 9 nitrogen and oxygen atoms in total. The molecule has 1 saturated heterocycles. The Morgan fingerprint density at radius 3 is 3.04 bits per heavy atom. The number of pyridine rings is 1. The van der Waals surface area contributed by atoms with Crippen LogP contribution in [0.2, 0.25) is 0 Å². The van der Waals surface area contributed by atoms with E-state index in [0.29, 0.717) is 6.61 Å². The fourth-order valence-electron chi connectivity index (χ4n) is 3.52. The molecule has 0 aromatic carbocycles. The summed E-state index contributed by atoms with van der Waals surface area (Å²) >= 11 is 0. The fourth-order valence-corrected chi connectivity index (χ4v) is 3.52. The molecule has 0 unspecified atom stereocenters. The minimum atomic E-state index is -0.788. The van der Waals surface area contributed by atoms with Crippen LogP contribution in [-0.4, -0.2) is 57.8 Å². The summed E-state index contributed by atoms with van der Waals surface area (Å²) in [7, 11) is 1.60. The minimum Gasteiger partial charge on any atom is -0.378 e. The highest BCUT2D eigenvalue weighted by molar-refractivity contribution is 5.86. The first-order valence-electron chi connectivity index (χ1n) is 9.30. The molecule has 2 atom stereocenters. The predicted octanol–water partition coefficient (Wildman–Crippen LogP) is 0.698. The van der Waals surface area contributed by atoms with Crippen LogP contribution < -0.4 is 5.32 Å². The molecule has 2 aromatic rings. The normalized spacial score (nSPS) is 22.3. The van der Waals surface area contributed by atoms with E-state index in [0.717, 1.165) is 29.8 Å². The Labute approximate surface area is 162 Å². The van der Waals surface area contributed by atoms with E-state index in [1.807, 2.05) is 12.1 Å². The Bertz CT molecular complexity index is 836. The number of carbonyl (C=O) groups is 2. The average molecular weight is 385 g/mol. The van der Waals surface area contributed by atoms with Crippen LogP contribution in [0.25, 0.3) is 0 Å². The van der Waals surface area contributed by atoms with Crippen molar-refractivity contribution in [2.45, 2.75) is 44.2 Å². The highest BCUT2D eigenvalue weighted by atomic mass is 16.5. The first kappa shape index (κ1) is 18.6. The SMILES string of the molecule is COCc1cc(CNC(=O)[C@H]2OCC(=O)N(C3CC3)[C@@H]2c2cccnc2)[nH]n1. The van der Waals surface area contributed by atoms with Crippen molar-refractivity contribution in [1.29, 1.82) is 0 Å². The zero-order valence-electron chi connectivity index (χ0n) is 15.6. The van der Waals surface area contributed by atoms with Crippen LogP contribution in [0.5, 0.6) is 0 Å². The van der Waals surface area contributed by atoms with Gasteiger partial charge in [-0.2, -0.15) is 5.10 Å². The summed E-state index contributed by atoms with van der Waals surface area (Å²) in [5.41, 5.74) is 2.33. The summed E-state index contributed by atoms with van der Waals surface area (Å²) in [6, 6.07) is 5.20. The van der Waals surface area contributed by atoms with E-state index in [-0.39, 0.29) is 31.0 Å². The van der Waals surface area contributed by atoms with Crippen molar-refractivity contribution >= 4 is 11.8 Å². The molecule has 2 aromatic heterocycles.